The molecule has 1 aliphatic rings. The SMILES string of the molecule is CCCc1noc2nc(C3CC3)cc(C(=O)NCCNCCOC)c12. The number of nitrogens with zero attached hydrogens (tertiary/aromatic N) is 2. The van der Waals surface area contributed by atoms with Crippen molar-refractivity contribution in [2.24, 2.45) is 0 Å². The Balaban J connectivity index is 1.75. The largest absolute Gasteiger partial charge is 0.383 e. The van der Waals surface area contributed by atoms with Crippen LogP contribution in [0, 0.1) is 0 Å². The molecule has 136 valence electrons. The van der Waals surface area contributed by atoms with Gasteiger partial charge in [0.25, 0.3) is 11.6 Å². The third kappa shape index (κ3) is 4.35. The first-order valence-corrected chi connectivity index (χ1v) is 9.01. The number of nitrogens with one attached hydrogen (secondary N) is 2. The van der Waals surface area contributed by atoms with Crippen molar-refractivity contribution >= 4 is 17.0 Å². The van der Waals surface area contributed by atoms with Crippen molar-refractivity contribution in [3.8, 4) is 0 Å². The van der Waals surface area contributed by atoms with E-state index < -0.39 is 0 Å². The van der Waals surface area contributed by atoms with Gasteiger partial charge in [-0.25, -0.2) is 4.98 Å². The van der Waals surface area contributed by atoms with Gasteiger partial charge >= 0.3 is 0 Å². The number of ether oxygens (including phenoxy) is 1. The number of hydrogen-bond donors (Lipinski definition) is 2. The quantitative estimate of drug-likeness (QED) is 0.640. The number of methoxy groups -OCH3 is 1. The molecule has 3 rings (SSSR count). The van der Waals surface area contributed by atoms with E-state index in [1.54, 1.807) is 7.11 Å². The van der Waals surface area contributed by atoms with E-state index in [1.807, 2.05) is 6.07 Å². The zero-order chi connectivity index (χ0) is 17.6. The summed E-state index contributed by atoms with van der Waals surface area (Å²) in [5, 5.41) is 11.1. The Morgan fingerprint density at radius 1 is 1.36 bits per heavy atom. The van der Waals surface area contributed by atoms with E-state index in [2.05, 4.69) is 27.7 Å². The summed E-state index contributed by atoms with van der Waals surface area (Å²) in [4.78, 5) is 17.3. The molecule has 1 amide bonds. The van der Waals surface area contributed by atoms with Crippen molar-refractivity contribution in [1.82, 2.24) is 20.8 Å². The molecule has 2 aromatic rings. The highest BCUT2D eigenvalue weighted by Gasteiger charge is 2.28. The van der Waals surface area contributed by atoms with Gasteiger partial charge in [-0.15, -0.1) is 0 Å². The minimum Gasteiger partial charge on any atom is -0.383 e. The van der Waals surface area contributed by atoms with Crippen LogP contribution in [0.4, 0.5) is 0 Å². The fraction of sp³-hybridized carbons (Fsp3) is 0.611. The van der Waals surface area contributed by atoms with E-state index in [4.69, 9.17) is 9.26 Å². The number of fused-ring (bicyclic) bond motifs is 1. The average molecular weight is 346 g/mol. The number of carbonyl (C=O) groups is 1. The predicted molar refractivity (Wildman–Crippen MR) is 94.9 cm³/mol. The molecule has 25 heavy (non-hydrogen) atoms. The van der Waals surface area contributed by atoms with Crippen LogP contribution >= 0.6 is 0 Å². The Hall–Kier alpha value is -1.99. The van der Waals surface area contributed by atoms with Crippen LogP contribution < -0.4 is 10.6 Å². The van der Waals surface area contributed by atoms with E-state index in [-0.39, 0.29) is 5.91 Å². The first-order chi connectivity index (χ1) is 12.2. The van der Waals surface area contributed by atoms with Gasteiger partial charge < -0.3 is 19.9 Å². The first-order valence-electron chi connectivity index (χ1n) is 9.01. The summed E-state index contributed by atoms with van der Waals surface area (Å²) in [6.07, 6.45) is 3.96. The van der Waals surface area contributed by atoms with Crippen molar-refractivity contribution in [2.75, 3.05) is 33.4 Å². The van der Waals surface area contributed by atoms with Gasteiger partial charge in [-0.1, -0.05) is 18.5 Å². The lowest BCUT2D eigenvalue weighted by atomic mass is 10.1. The maximum Gasteiger partial charge on any atom is 0.259 e. The van der Waals surface area contributed by atoms with Crippen LogP contribution in [0.25, 0.3) is 11.1 Å². The second-order valence-corrected chi connectivity index (χ2v) is 6.43. The van der Waals surface area contributed by atoms with Gasteiger partial charge in [0, 0.05) is 38.4 Å². The average Bonchev–Trinajstić information content (AvgIpc) is 3.39. The highest BCUT2D eigenvalue weighted by molar-refractivity contribution is 6.06. The molecular weight excluding hydrogens is 320 g/mol. The third-order valence-corrected chi connectivity index (χ3v) is 4.33. The Kier molecular flexibility index (Phi) is 5.99. The molecule has 0 aromatic carbocycles. The van der Waals surface area contributed by atoms with Gasteiger partial charge in [-0.05, 0) is 25.3 Å². The van der Waals surface area contributed by atoms with Crippen LogP contribution in [0.1, 0.15) is 53.8 Å². The molecule has 2 N–H and O–H groups in total. The molecule has 0 aliphatic heterocycles. The number of carbonyl (C=O) groups excluding carboxylic acids is 1. The Labute approximate surface area is 147 Å². The van der Waals surface area contributed by atoms with E-state index >= 15 is 0 Å². The lowest BCUT2D eigenvalue weighted by Crippen LogP contribution is -2.33. The smallest absolute Gasteiger partial charge is 0.259 e. The van der Waals surface area contributed by atoms with E-state index in [9.17, 15) is 4.79 Å². The highest BCUT2D eigenvalue weighted by atomic mass is 16.5. The van der Waals surface area contributed by atoms with Crippen LogP contribution in [0.5, 0.6) is 0 Å². The molecule has 7 heteroatoms. The molecule has 2 aromatic heterocycles. The van der Waals surface area contributed by atoms with Crippen LogP contribution in [0.15, 0.2) is 10.6 Å². The Morgan fingerprint density at radius 2 is 2.20 bits per heavy atom. The summed E-state index contributed by atoms with van der Waals surface area (Å²) in [6, 6.07) is 1.92. The molecular formula is C18H26N4O3. The topological polar surface area (TPSA) is 89.3 Å². The summed E-state index contributed by atoms with van der Waals surface area (Å²) in [6.45, 7) is 4.76. The highest BCUT2D eigenvalue weighted by Crippen LogP contribution is 2.40. The van der Waals surface area contributed by atoms with Crippen LogP contribution in [0.2, 0.25) is 0 Å². The second kappa shape index (κ2) is 8.40. The maximum atomic E-state index is 12.7. The summed E-state index contributed by atoms with van der Waals surface area (Å²) in [5.74, 6) is 0.356. The van der Waals surface area contributed by atoms with Gasteiger partial charge in [0.05, 0.1) is 23.3 Å². The number of rotatable bonds is 10. The summed E-state index contributed by atoms with van der Waals surface area (Å²) < 4.78 is 10.4. The normalized spacial score (nSPS) is 14.2. The Morgan fingerprint density at radius 3 is 2.92 bits per heavy atom. The molecule has 7 nitrogen and oxygen atoms in total. The molecule has 0 saturated heterocycles. The zero-order valence-electron chi connectivity index (χ0n) is 14.9. The number of amides is 1. The fourth-order valence-electron chi connectivity index (χ4n) is 2.86. The van der Waals surface area contributed by atoms with Gasteiger partial charge in [0.15, 0.2) is 0 Å². The number of aryl methyl sites for hydroxylation is 1. The van der Waals surface area contributed by atoms with Gasteiger partial charge in [-0.2, -0.15) is 0 Å². The van der Waals surface area contributed by atoms with Gasteiger partial charge in [-0.3, -0.25) is 4.79 Å². The van der Waals surface area contributed by atoms with Crippen molar-refractivity contribution < 1.29 is 14.1 Å². The Bertz CT molecular complexity index is 724. The molecule has 0 unspecified atom stereocenters. The molecule has 1 aliphatic carbocycles. The molecule has 0 spiro atoms. The third-order valence-electron chi connectivity index (χ3n) is 4.33. The van der Waals surface area contributed by atoms with E-state index in [0.717, 1.165) is 49.0 Å². The van der Waals surface area contributed by atoms with Crippen molar-refractivity contribution in [2.45, 2.75) is 38.5 Å². The summed E-state index contributed by atoms with van der Waals surface area (Å²) >= 11 is 0. The minimum atomic E-state index is -0.0941. The van der Waals surface area contributed by atoms with Crippen molar-refractivity contribution in [1.29, 1.82) is 0 Å². The zero-order valence-corrected chi connectivity index (χ0v) is 14.9. The lowest BCUT2D eigenvalue weighted by Gasteiger charge is -2.09. The molecule has 0 radical (unpaired) electrons. The maximum absolute atomic E-state index is 12.7. The standard InChI is InChI=1S/C18H26N4O3/c1-3-4-14-16-13(17(23)20-8-7-19-9-10-24-2)11-15(12-5-6-12)21-18(16)25-22-14/h11-12,19H,3-10H2,1-2H3,(H,20,23). The summed E-state index contributed by atoms with van der Waals surface area (Å²) in [5.41, 5.74) is 2.87. The van der Waals surface area contributed by atoms with Gasteiger partial charge in [0.2, 0.25) is 0 Å². The monoisotopic (exact) mass is 346 g/mol. The van der Waals surface area contributed by atoms with Crippen LogP contribution in [-0.4, -0.2) is 49.4 Å². The van der Waals surface area contributed by atoms with Crippen molar-refractivity contribution in [3.05, 3.63) is 23.0 Å². The number of hydrogen-bond acceptors (Lipinski definition) is 6. The molecule has 0 bridgehead atoms. The number of aromatic nitrogens is 2. The van der Waals surface area contributed by atoms with E-state index in [0.29, 0.717) is 36.9 Å². The predicted octanol–water partition coefficient (Wildman–Crippen LogP) is 2.02. The minimum absolute atomic E-state index is 0.0941. The molecule has 1 saturated carbocycles. The molecule has 0 atom stereocenters. The summed E-state index contributed by atoms with van der Waals surface area (Å²) in [7, 11) is 1.67. The van der Waals surface area contributed by atoms with Gasteiger partial charge in [0.1, 0.15) is 0 Å². The molecule has 1 fully saturated rings. The van der Waals surface area contributed by atoms with Crippen LogP contribution in [0.3, 0.4) is 0 Å². The second-order valence-electron chi connectivity index (χ2n) is 6.43. The molecule has 2 heterocycles. The van der Waals surface area contributed by atoms with E-state index in [1.165, 1.54) is 0 Å². The first kappa shape index (κ1) is 17.8. The van der Waals surface area contributed by atoms with Crippen LogP contribution in [-0.2, 0) is 11.2 Å². The lowest BCUT2D eigenvalue weighted by molar-refractivity contribution is 0.0955. The van der Waals surface area contributed by atoms with Crippen molar-refractivity contribution in [3.63, 3.8) is 0 Å². The number of pyridine rings is 1. The fourth-order valence-corrected chi connectivity index (χ4v) is 2.86.